The second-order valence-electron chi connectivity index (χ2n) is 12.1. The molecule has 0 aromatic heterocycles. The number of rotatable bonds is 4. The van der Waals surface area contributed by atoms with E-state index in [-0.39, 0.29) is 17.2 Å². The van der Waals surface area contributed by atoms with Gasteiger partial charge in [0.25, 0.3) is 5.91 Å². The summed E-state index contributed by atoms with van der Waals surface area (Å²) in [6.07, 6.45) is -3.20. The number of alkyl halides is 3. The smallest absolute Gasteiger partial charge is 0.345 e. The number of likely N-dealkylation sites (tertiary alicyclic amines) is 2. The van der Waals surface area contributed by atoms with E-state index in [1.165, 1.54) is 0 Å². The third kappa shape index (κ3) is 6.00. The molecule has 1 unspecified atom stereocenters. The summed E-state index contributed by atoms with van der Waals surface area (Å²) in [6.45, 7) is 6.49. The monoisotopic (exact) mass is 561 g/mol. The van der Waals surface area contributed by atoms with Gasteiger partial charge in [-0.25, -0.2) is 4.39 Å². The Hall–Kier alpha value is -3.43. The summed E-state index contributed by atoms with van der Waals surface area (Å²) < 4.78 is 53.9. The number of likely N-dealkylation sites (N-methyl/N-ethyl adjacent to an activating group) is 1. The molecule has 6 nitrogen and oxygen atoms in total. The largest absolute Gasteiger partial charge is 0.416 e. The molecule has 2 heterocycles. The third-order valence-corrected chi connectivity index (χ3v) is 8.32. The predicted octanol–water partition coefficient (Wildman–Crippen LogP) is 5.24. The summed E-state index contributed by atoms with van der Waals surface area (Å²) in [4.78, 5) is 42.8. The molecule has 1 N–H and O–H groups in total. The van der Waals surface area contributed by atoms with Crippen molar-refractivity contribution in [3.8, 4) is 0 Å². The highest BCUT2D eigenvalue weighted by Gasteiger charge is 2.49. The van der Waals surface area contributed by atoms with Crippen molar-refractivity contribution in [2.75, 3.05) is 26.7 Å². The van der Waals surface area contributed by atoms with Crippen molar-refractivity contribution in [2.45, 2.75) is 58.2 Å². The summed E-state index contributed by atoms with van der Waals surface area (Å²) >= 11 is 0. The average molecular weight is 562 g/mol. The Bertz CT molecular complexity index is 1270. The van der Waals surface area contributed by atoms with E-state index in [1.54, 1.807) is 37.6 Å². The number of hydrogen-bond donors (Lipinski definition) is 1. The zero-order chi connectivity index (χ0) is 29.5. The molecule has 10 heteroatoms. The van der Waals surface area contributed by atoms with Crippen molar-refractivity contribution in [1.82, 2.24) is 15.1 Å². The van der Waals surface area contributed by atoms with Crippen LogP contribution in [0.1, 0.15) is 67.4 Å². The van der Waals surface area contributed by atoms with Gasteiger partial charge in [0.15, 0.2) is 0 Å². The molecule has 216 valence electrons. The number of hydrogen-bond acceptors (Lipinski definition) is 3. The lowest BCUT2D eigenvalue weighted by atomic mass is 9.62. The maximum atomic E-state index is 14.4. The van der Waals surface area contributed by atoms with Crippen LogP contribution in [0, 0.1) is 16.6 Å². The minimum absolute atomic E-state index is 0.0647. The second-order valence-corrected chi connectivity index (χ2v) is 12.1. The SMILES string of the molecule is CN1CC(c2ccccc2)C2(CCN(C(=O)[C@H](NC(=O)c3cc(C(F)(F)F)ccc3F)C(C)(C)C)CC2)CC1=O. The Kier molecular flexibility index (Phi) is 8.02. The van der Waals surface area contributed by atoms with E-state index in [0.717, 1.165) is 5.56 Å². The molecule has 2 aliphatic heterocycles. The van der Waals surface area contributed by atoms with Crippen molar-refractivity contribution < 1.29 is 31.9 Å². The molecule has 3 amide bonds. The van der Waals surface area contributed by atoms with E-state index < -0.39 is 46.4 Å². The first-order valence-electron chi connectivity index (χ1n) is 13.4. The van der Waals surface area contributed by atoms with Crippen LogP contribution in [0.3, 0.4) is 0 Å². The zero-order valence-corrected chi connectivity index (χ0v) is 23.1. The van der Waals surface area contributed by atoms with Gasteiger partial charge in [0.05, 0.1) is 11.1 Å². The molecule has 2 saturated heterocycles. The molecule has 0 bridgehead atoms. The number of carbonyl (C=O) groups excluding carboxylic acids is 3. The molecule has 2 atom stereocenters. The molecule has 40 heavy (non-hydrogen) atoms. The predicted molar refractivity (Wildman–Crippen MR) is 142 cm³/mol. The van der Waals surface area contributed by atoms with E-state index in [2.05, 4.69) is 17.4 Å². The van der Waals surface area contributed by atoms with Gasteiger partial charge >= 0.3 is 6.18 Å². The standard InChI is InChI=1S/C30H35F4N3O3/c1-28(2,3)25(35-26(39)21-16-20(30(32,33)34)10-11-23(21)31)27(40)37-14-12-29(13-15-37)17-24(38)36(4)18-22(29)19-8-6-5-7-9-19/h5-11,16,22,25H,12-15,17-18H2,1-4H3,(H,35,39)/t22?,25-/m0/s1. The number of halogens is 4. The topological polar surface area (TPSA) is 69.7 Å². The first-order chi connectivity index (χ1) is 18.6. The van der Waals surface area contributed by atoms with E-state index in [9.17, 15) is 31.9 Å². The van der Waals surface area contributed by atoms with Gasteiger partial charge in [-0.1, -0.05) is 51.1 Å². The van der Waals surface area contributed by atoms with E-state index in [0.29, 0.717) is 57.1 Å². The normalized spacial score (nSPS) is 20.4. The molecule has 1 spiro atoms. The van der Waals surface area contributed by atoms with E-state index in [4.69, 9.17) is 0 Å². The summed E-state index contributed by atoms with van der Waals surface area (Å²) in [5.74, 6) is -2.41. The molecule has 4 rings (SSSR count). The lowest BCUT2D eigenvalue weighted by Crippen LogP contribution is -2.58. The number of nitrogens with zero attached hydrogens (tertiary/aromatic N) is 2. The van der Waals surface area contributed by atoms with Crippen molar-refractivity contribution in [3.05, 3.63) is 71.0 Å². The van der Waals surface area contributed by atoms with Crippen molar-refractivity contribution in [1.29, 1.82) is 0 Å². The summed E-state index contributed by atoms with van der Waals surface area (Å²) in [7, 11) is 1.80. The van der Waals surface area contributed by atoms with Gasteiger partial charge in [0, 0.05) is 39.0 Å². The lowest BCUT2D eigenvalue weighted by Gasteiger charge is -2.51. The number of nitrogens with one attached hydrogen (secondary N) is 1. The minimum atomic E-state index is -4.75. The fourth-order valence-corrected chi connectivity index (χ4v) is 5.89. The van der Waals surface area contributed by atoms with Gasteiger partial charge in [-0.15, -0.1) is 0 Å². The highest BCUT2D eigenvalue weighted by Crippen LogP contribution is 2.50. The minimum Gasteiger partial charge on any atom is -0.345 e. The van der Waals surface area contributed by atoms with Crippen LogP contribution in [-0.2, 0) is 15.8 Å². The Labute approximate surface area is 231 Å². The fourth-order valence-electron chi connectivity index (χ4n) is 5.89. The Morgan fingerprint density at radius 1 is 1.02 bits per heavy atom. The molecule has 0 radical (unpaired) electrons. The highest BCUT2D eigenvalue weighted by atomic mass is 19.4. The molecule has 2 aliphatic rings. The van der Waals surface area contributed by atoms with Gasteiger partial charge < -0.3 is 15.1 Å². The molecule has 0 aliphatic carbocycles. The first kappa shape index (κ1) is 29.6. The van der Waals surface area contributed by atoms with Gasteiger partial charge in [-0.05, 0) is 47.4 Å². The quantitative estimate of drug-likeness (QED) is 0.519. The third-order valence-electron chi connectivity index (χ3n) is 8.32. The van der Waals surface area contributed by atoms with Crippen LogP contribution < -0.4 is 5.32 Å². The average Bonchev–Trinajstić information content (AvgIpc) is 2.89. The van der Waals surface area contributed by atoms with Crippen LogP contribution in [0.15, 0.2) is 48.5 Å². The lowest BCUT2D eigenvalue weighted by molar-refractivity contribution is -0.144. The maximum absolute atomic E-state index is 14.4. The van der Waals surface area contributed by atoms with Crippen LogP contribution in [0.2, 0.25) is 0 Å². The van der Waals surface area contributed by atoms with Crippen LogP contribution in [0.25, 0.3) is 0 Å². The molecule has 2 fully saturated rings. The molecule has 0 saturated carbocycles. The fraction of sp³-hybridized carbons (Fsp3) is 0.500. The van der Waals surface area contributed by atoms with Crippen molar-refractivity contribution in [3.63, 3.8) is 0 Å². The Morgan fingerprint density at radius 2 is 1.65 bits per heavy atom. The van der Waals surface area contributed by atoms with Crippen molar-refractivity contribution in [2.24, 2.45) is 10.8 Å². The van der Waals surface area contributed by atoms with Gasteiger partial charge in [-0.3, -0.25) is 14.4 Å². The molecular formula is C30H35F4N3O3. The molecule has 2 aromatic rings. The number of amides is 3. The van der Waals surface area contributed by atoms with Crippen molar-refractivity contribution >= 4 is 17.7 Å². The summed E-state index contributed by atoms with van der Waals surface area (Å²) in [5.41, 5.74) is -1.91. The number of carbonyl (C=O) groups is 3. The Balaban J connectivity index is 1.53. The van der Waals surface area contributed by atoms with Crippen LogP contribution >= 0.6 is 0 Å². The van der Waals surface area contributed by atoms with Crippen LogP contribution in [0.4, 0.5) is 17.6 Å². The van der Waals surface area contributed by atoms with Gasteiger partial charge in [0.2, 0.25) is 11.8 Å². The number of benzene rings is 2. The number of piperidine rings is 2. The second kappa shape index (κ2) is 10.9. The first-order valence-corrected chi connectivity index (χ1v) is 13.4. The van der Waals surface area contributed by atoms with E-state index in [1.807, 2.05) is 18.2 Å². The highest BCUT2D eigenvalue weighted by molar-refractivity contribution is 5.98. The summed E-state index contributed by atoms with van der Waals surface area (Å²) in [5, 5.41) is 2.51. The van der Waals surface area contributed by atoms with Gasteiger partial charge in [0.1, 0.15) is 11.9 Å². The molecule has 2 aromatic carbocycles. The molecular weight excluding hydrogens is 526 g/mol. The van der Waals surface area contributed by atoms with Crippen LogP contribution in [0.5, 0.6) is 0 Å². The maximum Gasteiger partial charge on any atom is 0.416 e. The van der Waals surface area contributed by atoms with E-state index >= 15 is 0 Å². The van der Waals surface area contributed by atoms with Crippen LogP contribution in [-0.4, -0.2) is 60.2 Å². The Morgan fingerprint density at radius 3 is 2.23 bits per heavy atom. The zero-order valence-electron chi connectivity index (χ0n) is 23.1. The summed E-state index contributed by atoms with van der Waals surface area (Å²) in [6, 6.07) is 10.5. The van der Waals surface area contributed by atoms with Gasteiger partial charge in [-0.2, -0.15) is 13.2 Å².